The van der Waals surface area contributed by atoms with Crippen LogP contribution in [0.2, 0.25) is 0 Å². The second kappa shape index (κ2) is 11.2. The Balaban J connectivity index is 1.65. The molecule has 0 fully saturated rings. The standard InChI is InChI=1S/C26H23F3N4OS/c27-26(28,29)25(34)33(23-8-4-7-21(14-23)20-9-11-30-12-10-20)17-22(13-19-5-2-1-3-6-19)32-16-24-15-31-18-35-24/h1-12,14-15,18,22,32H,13,16-17H2/t22-/m1/s1. The van der Waals surface area contributed by atoms with Crippen LogP contribution in [0.1, 0.15) is 10.4 Å². The minimum atomic E-state index is -5.01. The summed E-state index contributed by atoms with van der Waals surface area (Å²) in [5, 5.41) is 3.32. The van der Waals surface area contributed by atoms with Gasteiger partial charge < -0.3 is 10.2 Å². The molecule has 0 bridgehead atoms. The molecule has 5 nitrogen and oxygen atoms in total. The van der Waals surface area contributed by atoms with Gasteiger partial charge in [-0.25, -0.2) is 0 Å². The van der Waals surface area contributed by atoms with Gasteiger partial charge in [-0.05, 0) is 47.4 Å². The zero-order valence-electron chi connectivity index (χ0n) is 18.7. The molecule has 0 saturated heterocycles. The van der Waals surface area contributed by atoms with E-state index in [0.717, 1.165) is 20.9 Å². The number of halogens is 3. The Morgan fingerprint density at radius 2 is 1.74 bits per heavy atom. The molecule has 0 aliphatic heterocycles. The number of anilines is 1. The van der Waals surface area contributed by atoms with Crippen molar-refractivity contribution in [2.45, 2.75) is 25.2 Å². The second-order valence-electron chi connectivity index (χ2n) is 7.94. The van der Waals surface area contributed by atoms with Gasteiger partial charge in [-0.15, -0.1) is 11.3 Å². The average Bonchev–Trinajstić information content (AvgIpc) is 3.40. The third kappa shape index (κ3) is 6.74. The fraction of sp³-hybridized carbons (Fsp3) is 0.192. The van der Waals surface area contributed by atoms with Crippen molar-refractivity contribution in [3.05, 3.63) is 101 Å². The molecule has 180 valence electrons. The van der Waals surface area contributed by atoms with E-state index in [0.29, 0.717) is 18.5 Å². The molecule has 9 heteroatoms. The number of pyridine rings is 1. The number of nitrogens with zero attached hydrogens (tertiary/aromatic N) is 3. The van der Waals surface area contributed by atoms with Crippen LogP contribution in [-0.2, 0) is 17.8 Å². The number of thiazole rings is 1. The van der Waals surface area contributed by atoms with Gasteiger partial charge in [-0.1, -0.05) is 42.5 Å². The highest BCUT2D eigenvalue weighted by atomic mass is 32.1. The molecule has 2 aromatic carbocycles. The lowest BCUT2D eigenvalue weighted by molar-refractivity contribution is -0.170. The molecule has 2 heterocycles. The predicted molar refractivity (Wildman–Crippen MR) is 131 cm³/mol. The summed E-state index contributed by atoms with van der Waals surface area (Å²) >= 11 is 1.46. The molecule has 0 unspecified atom stereocenters. The summed E-state index contributed by atoms with van der Waals surface area (Å²) in [5.74, 6) is -1.90. The maximum absolute atomic E-state index is 13.7. The Kier molecular flexibility index (Phi) is 7.89. The molecule has 2 aromatic heterocycles. The Morgan fingerprint density at radius 1 is 0.971 bits per heavy atom. The molecule has 0 radical (unpaired) electrons. The first-order valence-corrected chi connectivity index (χ1v) is 11.8. The maximum atomic E-state index is 13.7. The van der Waals surface area contributed by atoms with E-state index in [-0.39, 0.29) is 12.2 Å². The monoisotopic (exact) mass is 496 g/mol. The Hall–Kier alpha value is -3.56. The van der Waals surface area contributed by atoms with Crippen molar-refractivity contribution in [2.24, 2.45) is 0 Å². The van der Waals surface area contributed by atoms with Crippen LogP contribution in [0, 0.1) is 0 Å². The van der Waals surface area contributed by atoms with E-state index < -0.39 is 18.1 Å². The van der Waals surface area contributed by atoms with Crippen LogP contribution in [0.25, 0.3) is 11.1 Å². The van der Waals surface area contributed by atoms with Crippen LogP contribution < -0.4 is 10.2 Å². The van der Waals surface area contributed by atoms with Gasteiger partial charge in [-0.2, -0.15) is 13.2 Å². The van der Waals surface area contributed by atoms with Crippen molar-refractivity contribution in [3.8, 4) is 11.1 Å². The third-order valence-electron chi connectivity index (χ3n) is 5.44. The molecule has 1 amide bonds. The Morgan fingerprint density at radius 3 is 2.43 bits per heavy atom. The number of carbonyl (C=O) groups excluding carboxylic acids is 1. The topological polar surface area (TPSA) is 58.1 Å². The maximum Gasteiger partial charge on any atom is 0.471 e. The molecule has 4 aromatic rings. The highest BCUT2D eigenvalue weighted by molar-refractivity contribution is 7.09. The SMILES string of the molecule is O=C(N(C[C@@H](Cc1ccccc1)NCc1cncs1)c1cccc(-c2ccncc2)c1)C(F)(F)F. The predicted octanol–water partition coefficient (Wildman–Crippen LogP) is 5.50. The number of hydrogen-bond donors (Lipinski definition) is 1. The molecule has 1 atom stereocenters. The van der Waals surface area contributed by atoms with Gasteiger partial charge in [-0.3, -0.25) is 14.8 Å². The van der Waals surface area contributed by atoms with Crippen molar-refractivity contribution < 1.29 is 18.0 Å². The van der Waals surface area contributed by atoms with E-state index in [1.807, 2.05) is 30.3 Å². The van der Waals surface area contributed by atoms with Gasteiger partial charge in [0.1, 0.15) is 0 Å². The molecule has 4 rings (SSSR count). The van der Waals surface area contributed by atoms with Crippen molar-refractivity contribution >= 4 is 22.9 Å². The Labute approximate surface area is 205 Å². The fourth-order valence-corrected chi connectivity index (χ4v) is 4.30. The van der Waals surface area contributed by atoms with E-state index >= 15 is 0 Å². The Bertz CT molecular complexity index is 1220. The zero-order valence-corrected chi connectivity index (χ0v) is 19.5. The molecule has 0 aliphatic carbocycles. The zero-order chi connectivity index (χ0) is 24.7. The van der Waals surface area contributed by atoms with Gasteiger partial charge in [0.25, 0.3) is 0 Å². The molecular weight excluding hydrogens is 473 g/mol. The summed E-state index contributed by atoms with van der Waals surface area (Å²) in [5.41, 5.74) is 4.33. The number of nitrogens with one attached hydrogen (secondary N) is 1. The number of rotatable bonds is 9. The molecule has 0 aliphatic rings. The quantitative estimate of drug-likeness (QED) is 0.332. The van der Waals surface area contributed by atoms with Crippen LogP contribution in [0.4, 0.5) is 18.9 Å². The lowest BCUT2D eigenvalue weighted by Gasteiger charge is -2.29. The number of aromatic nitrogens is 2. The highest BCUT2D eigenvalue weighted by Crippen LogP contribution is 2.28. The van der Waals surface area contributed by atoms with Gasteiger partial charge in [0, 0.05) is 48.3 Å². The third-order valence-corrected chi connectivity index (χ3v) is 6.22. The van der Waals surface area contributed by atoms with Crippen molar-refractivity contribution in [1.29, 1.82) is 0 Å². The average molecular weight is 497 g/mol. The van der Waals surface area contributed by atoms with E-state index in [1.54, 1.807) is 54.4 Å². The molecule has 1 N–H and O–H groups in total. The highest BCUT2D eigenvalue weighted by Gasteiger charge is 2.43. The van der Waals surface area contributed by atoms with E-state index in [1.165, 1.54) is 17.4 Å². The first-order valence-electron chi connectivity index (χ1n) is 10.9. The lowest BCUT2D eigenvalue weighted by atomic mass is 10.0. The number of alkyl halides is 3. The second-order valence-corrected chi connectivity index (χ2v) is 8.91. The van der Waals surface area contributed by atoms with E-state index in [4.69, 9.17) is 0 Å². The van der Waals surface area contributed by atoms with E-state index in [2.05, 4.69) is 15.3 Å². The largest absolute Gasteiger partial charge is 0.471 e. The summed E-state index contributed by atoms with van der Waals surface area (Å²) in [7, 11) is 0. The van der Waals surface area contributed by atoms with Gasteiger partial charge >= 0.3 is 12.1 Å². The fourth-order valence-electron chi connectivity index (χ4n) is 3.75. The van der Waals surface area contributed by atoms with Crippen LogP contribution in [0.15, 0.2) is 90.8 Å². The smallest absolute Gasteiger partial charge is 0.307 e. The number of amides is 1. The van der Waals surface area contributed by atoms with Crippen LogP contribution in [0.5, 0.6) is 0 Å². The molecule has 35 heavy (non-hydrogen) atoms. The van der Waals surface area contributed by atoms with Crippen LogP contribution in [-0.4, -0.2) is 34.6 Å². The first kappa shape index (κ1) is 24.6. The molecule has 0 spiro atoms. The van der Waals surface area contributed by atoms with Crippen molar-refractivity contribution in [2.75, 3.05) is 11.4 Å². The normalized spacial score (nSPS) is 12.3. The summed E-state index contributed by atoms with van der Waals surface area (Å²) in [6.07, 6.45) is 0.376. The number of carbonyl (C=O) groups is 1. The summed E-state index contributed by atoms with van der Waals surface area (Å²) < 4.78 is 41.0. The summed E-state index contributed by atoms with van der Waals surface area (Å²) in [4.78, 5) is 22.4. The van der Waals surface area contributed by atoms with Crippen molar-refractivity contribution in [1.82, 2.24) is 15.3 Å². The minimum Gasteiger partial charge on any atom is -0.307 e. The first-order chi connectivity index (χ1) is 16.9. The van der Waals surface area contributed by atoms with Gasteiger partial charge in [0.05, 0.1) is 5.51 Å². The van der Waals surface area contributed by atoms with Gasteiger partial charge in [0.2, 0.25) is 0 Å². The molecule has 0 saturated carbocycles. The van der Waals surface area contributed by atoms with Crippen LogP contribution >= 0.6 is 11.3 Å². The minimum absolute atomic E-state index is 0.161. The van der Waals surface area contributed by atoms with Crippen molar-refractivity contribution in [3.63, 3.8) is 0 Å². The van der Waals surface area contributed by atoms with E-state index in [9.17, 15) is 18.0 Å². The number of benzene rings is 2. The number of hydrogen-bond acceptors (Lipinski definition) is 5. The lowest BCUT2D eigenvalue weighted by Crippen LogP contribution is -2.49. The molecular formula is C26H23F3N4OS. The van der Waals surface area contributed by atoms with Crippen LogP contribution in [0.3, 0.4) is 0 Å². The summed E-state index contributed by atoms with van der Waals surface area (Å²) in [6, 6.07) is 19.1. The summed E-state index contributed by atoms with van der Waals surface area (Å²) in [6.45, 7) is 0.277. The van der Waals surface area contributed by atoms with Gasteiger partial charge in [0.15, 0.2) is 0 Å².